The number of benzene rings is 1. The van der Waals surface area contributed by atoms with Gasteiger partial charge in [-0.1, -0.05) is 26.0 Å². The number of hydrogen-bond acceptors (Lipinski definition) is 5. The van der Waals surface area contributed by atoms with E-state index in [0.717, 1.165) is 24.5 Å². The Balaban J connectivity index is 1.49. The lowest BCUT2D eigenvalue weighted by Crippen LogP contribution is -2.49. The van der Waals surface area contributed by atoms with Crippen LogP contribution in [0.2, 0.25) is 0 Å². The van der Waals surface area contributed by atoms with Crippen molar-refractivity contribution in [1.29, 1.82) is 0 Å². The average molecular weight is 359 g/mol. The number of hydrogen-bond donors (Lipinski definition) is 1. The monoisotopic (exact) mass is 359 g/mol. The van der Waals surface area contributed by atoms with Crippen LogP contribution in [-0.2, 0) is 9.53 Å². The van der Waals surface area contributed by atoms with Crippen molar-refractivity contribution in [2.24, 2.45) is 5.92 Å². The van der Waals surface area contributed by atoms with E-state index >= 15 is 0 Å². The van der Waals surface area contributed by atoms with Crippen LogP contribution in [0.3, 0.4) is 0 Å². The molecule has 140 valence electrons. The molecule has 2 aliphatic heterocycles. The van der Waals surface area contributed by atoms with Gasteiger partial charge in [0.1, 0.15) is 6.54 Å². The minimum Gasteiger partial charge on any atom is -0.374 e. The summed E-state index contributed by atoms with van der Waals surface area (Å²) in [6.45, 7) is 7.77. The first kappa shape index (κ1) is 18.5. The molecule has 1 atom stereocenters. The molecule has 1 aromatic carbocycles. The molecule has 0 aromatic heterocycles. The van der Waals surface area contributed by atoms with Gasteiger partial charge in [-0.2, -0.15) is 0 Å². The molecule has 1 fully saturated rings. The first-order chi connectivity index (χ1) is 12.5. The maximum absolute atomic E-state index is 12.3. The lowest BCUT2D eigenvalue weighted by Gasteiger charge is -2.34. The molecule has 1 unspecified atom stereocenters. The third-order valence-corrected chi connectivity index (χ3v) is 4.55. The van der Waals surface area contributed by atoms with E-state index in [0.29, 0.717) is 30.2 Å². The fraction of sp³-hybridized carbons (Fsp3) is 0.526. The van der Waals surface area contributed by atoms with Crippen molar-refractivity contribution in [1.82, 2.24) is 15.1 Å². The Bertz CT molecular complexity index is 669. The minimum atomic E-state index is -0.419. The van der Waals surface area contributed by atoms with Gasteiger partial charge in [0, 0.05) is 26.2 Å². The molecule has 0 radical (unpaired) electrons. The fourth-order valence-electron chi connectivity index (χ4n) is 3.40. The number of ether oxygens (including phenoxy) is 1. The van der Waals surface area contributed by atoms with Crippen LogP contribution >= 0.6 is 0 Å². The Hall–Kier alpha value is -2.25. The molecule has 1 saturated heterocycles. The lowest BCUT2D eigenvalue weighted by atomic mass is 10.1. The van der Waals surface area contributed by atoms with E-state index in [4.69, 9.17) is 4.74 Å². The van der Waals surface area contributed by atoms with Crippen LogP contribution in [0.15, 0.2) is 24.3 Å². The second-order valence-corrected chi connectivity index (χ2v) is 7.19. The number of fused-ring (bicyclic) bond motifs is 1. The van der Waals surface area contributed by atoms with Crippen LogP contribution < -0.4 is 5.32 Å². The Kier molecular flexibility index (Phi) is 5.68. The van der Waals surface area contributed by atoms with Crippen molar-refractivity contribution in [3.8, 4) is 0 Å². The molecule has 3 amide bonds. The Morgan fingerprint density at radius 3 is 2.50 bits per heavy atom. The number of nitrogens with one attached hydrogen (secondary N) is 1. The number of rotatable bonds is 6. The van der Waals surface area contributed by atoms with Crippen LogP contribution in [0, 0.1) is 5.92 Å². The van der Waals surface area contributed by atoms with E-state index in [-0.39, 0.29) is 18.6 Å². The minimum absolute atomic E-state index is 0.0753. The van der Waals surface area contributed by atoms with E-state index in [2.05, 4.69) is 24.1 Å². The second kappa shape index (κ2) is 7.97. The topological polar surface area (TPSA) is 79.0 Å². The molecule has 7 nitrogen and oxygen atoms in total. The quantitative estimate of drug-likeness (QED) is 0.759. The van der Waals surface area contributed by atoms with Gasteiger partial charge in [-0.05, 0) is 18.1 Å². The average Bonchev–Trinajstić information content (AvgIpc) is 2.85. The van der Waals surface area contributed by atoms with E-state index in [9.17, 15) is 14.4 Å². The highest BCUT2D eigenvalue weighted by Crippen LogP contribution is 2.21. The summed E-state index contributed by atoms with van der Waals surface area (Å²) in [5.41, 5.74) is 0.704. The molecular formula is C19H25N3O4. The molecule has 7 heteroatoms. The van der Waals surface area contributed by atoms with Gasteiger partial charge in [-0.3, -0.25) is 24.2 Å². The summed E-state index contributed by atoms with van der Waals surface area (Å²) in [5, 5.41) is 2.78. The van der Waals surface area contributed by atoms with E-state index < -0.39 is 11.8 Å². The predicted octanol–water partition coefficient (Wildman–Crippen LogP) is 0.756. The summed E-state index contributed by atoms with van der Waals surface area (Å²) >= 11 is 0. The summed E-state index contributed by atoms with van der Waals surface area (Å²) in [6.07, 6.45) is -0.0753. The Labute approximate surface area is 153 Å². The highest BCUT2D eigenvalue weighted by molar-refractivity contribution is 6.22. The van der Waals surface area contributed by atoms with Crippen LogP contribution in [0.4, 0.5) is 0 Å². The Morgan fingerprint density at radius 2 is 1.88 bits per heavy atom. The van der Waals surface area contributed by atoms with Gasteiger partial charge in [0.2, 0.25) is 5.91 Å². The van der Waals surface area contributed by atoms with Crippen molar-refractivity contribution < 1.29 is 19.1 Å². The van der Waals surface area contributed by atoms with Gasteiger partial charge in [0.15, 0.2) is 0 Å². The highest BCUT2D eigenvalue weighted by Gasteiger charge is 2.36. The van der Waals surface area contributed by atoms with Gasteiger partial charge in [-0.15, -0.1) is 0 Å². The highest BCUT2D eigenvalue weighted by atomic mass is 16.5. The molecule has 2 aliphatic rings. The molecule has 0 spiro atoms. The van der Waals surface area contributed by atoms with Crippen LogP contribution in [0.5, 0.6) is 0 Å². The summed E-state index contributed by atoms with van der Waals surface area (Å²) in [6, 6.07) is 6.62. The summed E-state index contributed by atoms with van der Waals surface area (Å²) in [7, 11) is 0. The standard InChI is InChI=1S/C19H25N3O4/c1-13(2)10-21-7-8-26-14(11-21)9-20-17(23)12-22-18(24)15-5-3-4-6-16(15)19(22)25/h3-6,13-14H,7-12H2,1-2H3,(H,20,23). The molecule has 0 saturated carbocycles. The zero-order valence-electron chi connectivity index (χ0n) is 15.2. The summed E-state index contributed by atoms with van der Waals surface area (Å²) in [4.78, 5) is 40.1. The first-order valence-corrected chi connectivity index (χ1v) is 9.01. The summed E-state index contributed by atoms with van der Waals surface area (Å²) in [5.74, 6) is -0.614. The fourth-order valence-corrected chi connectivity index (χ4v) is 3.40. The third-order valence-electron chi connectivity index (χ3n) is 4.55. The number of carbonyl (C=O) groups excluding carboxylic acids is 3. The third kappa shape index (κ3) is 4.11. The zero-order chi connectivity index (χ0) is 18.7. The molecule has 3 rings (SSSR count). The van der Waals surface area contributed by atoms with E-state index in [1.54, 1.807) is 24.3 Å². The summed E-state index contributed by atoms with van der Waals surface area (Å²) < 4.78 is 5.70. The second-order valence-electron chi connectivity index (χ2n) is 7.19. The van der Waals surface area contributed by atoms with Gasteiger partial charge >= 0.3 is 0 Å². The zero-order valence-corrected chi connectivity index (χ0v) is 15.2. The van der Waals surface area contributed by atoms with Crippen molar-refractivity contribution in [3.63, 3.8) is 0 Å². The molecule has 26 heavy (non-hydrogen) atoms. The van der Waals surface area contributed by atoms with Crippen LogP contribution in [0.1, 0.15) is 34.6 Å². The Morgan fingerprint density at radius 1 is 1.23 bits per heavy atom. The smallest absolute Gasteiger partial charge is 0.262 e. The maximum Gasteiger partial charge on any atom is 0.262 e. The van der Waals surface area contributed by atoms with Gasteiger partial charge in [0.05, 0.1) is 23.8 Å². The normalized spacial score (nSPS) is 20.6. The number of nitrogens with zero attached hydrogens (tertiary/aromatic N) is 2. The van der Waals surface area contributed by atoms with Gasteiger partial charge < -0.3 is 10.1 Å². The first-order valence-electron chi connectivity index (χ1n) is 9.01. The van der Waals surface area contributed by atoms with E-state index in [1.807, 2.05) is 0 Å². The van der Waals surface area contributed by atoms with Crippen molar-refractivity contribution in [2.75, 3.05) is 39.3 Å². The largest absolute Gasteiger partial charge is 0.374 e. The van der Waals surface area contributed by atoms with Crippen LogP contribution in [0.25, 0.3) is 0 Å². The number of amides is 3. The van der Waals surface area contributed by atoms with Crippen molar-refractivity contribution in [2.45, 2.75) is 20.0 Å². The molecular weight excluding hydrogens is 334 g/mol. The lowest BCUT2D eigenvalue weighted by molar-refractivity contribution is -0.122. The van der Waals surface area contributed by atoms with Gasteiger partial charge in [0.25, 0.3) is 11.8 Å². The van der Waals surface area contributed by atoms with E-state index in [1.165, 1.54) is 0 Å². The molecule has 2 heterocycles. The van der Waals surface area contributed by atoms with Crippen molar-refractivity contribution >= 4 is 17.7 Å². The van der Waals surface area contributed by atoms with Crippen molar-refractivity contribution in [3.05, 3.63) is 35.4 Å². The molecule has 1 N–H and O–H groups in total. The molecule has 0 bridgehead atoms. The molecule has 1 aromatic rings. The predicted molar refractivity (Wildman–Crippen MR) is 95.8 cm³/mol. The van der Waals surface area contributed by atoms with Crippen LogP contribution in [-0.4, -0.2) is 73.0 Å². The number of morpholine rings is 1. The maximum atomic E-state index is 12.3. The number of carbonyl (C=O) groups is 3. The van der Waals surface area contributed by atoms with Gasteiger partial charge in [-0.25, -0.2) is 0 Å². The molecule has 0 aliphatic carbocycles. The SMILES string of the molecule is CC(C)CN1CCOC(CNC(=O)CN2C(=O)c3ccccc3C2=O)C1. The number of imide groups is 1.